The zero-order valence-corrected chi connectivity index (χ0v) is 43.8. The van der Waals surface area contributed by atoms with Crippen molar-refractivity contribution in [3.8, 4) is 0 Å². The number of aromatic amines is 1. The van der Waals surface area contributed by atoms with Crippen LogP contribution in [0.4, 0.5) is 17.5 Å². The van der Waals surface area contributed by atoms with Crippen LogP contribution in [0.3, 0.4) is 0 Å². The van der Waals surface area contributed by atoms with Crippen molar-refractivity contribution < 1.29 is 70.0 Å². The highest BCUT2D eigenvalue weighted by Gasteiger charge is 2.47. The number of aliphatic hydroxyl groups is 2. The SMILES string of the molecule is Cc1cn([C@H]2C[C@@H](OP(=O)(S)OC[C@H]3O[C@@H](n4ccc(N)nc4=O)C[C@H]3O)[C@@H](COP(=O)(S)O[C@@H]3C[C@H](n4ccc(N)nc4=O)O[C@@H]3COP(=O)(S)O[C@@H]3C[C@H](n4ccc(N)nc4=O)O[C@@H]3CO)O2)c(=O)[nH]c1=O. The minimum Gasteiger partial charge on any atom is -0.394 e. The Hall–Kier alpha value is -4.02. The van der Waals surface area contributed by atoms with E-state index < -0.39 is 149 Å². The number of thiol groups is 3. The van der Waals surface area contributed by atoms with E-state index in [1.54, 1.807) is 0 Å². The lowest BCUT2D eigenvalue weighted by molar-refractivity contribution is -0.0537. The van der Waals surface area contributed by atoms with Gasteiger partial charge in [0.25, 0.3) is 5.56 Å². The second kappa shape index (κ2) is 22.9. The van der Waals surface area contributed by atoms with Crippen LogP contribution >= 0.6 is 57.1 Å². The lowest BCUT2D eigenvalue weighted by Crippen LogP contribution is -2.33. The van der Waals surface area contributed by atoms with Crippen LogP contribution in [0.25, 0.3) is 0 Å². The summed E-state index contributed by atoms with van der Waals surface area (Å²) in [5.74, 6) is -0.166. The summed E-state index contributed by atoms with van der Waals surface area (Å²) in [7, 11) is 0. The molecule has 4 fully saturated rings. The molecule has 3 unspecified atom stereocenters. The lowest BCUT2D eigenvalue weighted by Gasteiger charge is -2.26. The summed E-state index contributed by atoms with van der Waals surface area (Å²) in [4.78, 5) is 76.1. The molecule has 0 spiro atoms. The Balaban J connectivity index is 0.949. The maximum atomic E-state index is 14.1. The molecule has 0 saturated carbocycles. The third-order valence-electron chi connectivity index (χ3n) is 11.9. The predicted molar refractivity (Wildman–Crippen MR) is 264 cm³/mol. The highest BCUT2D eigenvalue weighted by molar-refractivity contribution is 8.45. The van der Waals surface area contributed by atoms with Crippen LogP contribution in [0.2, 0.25) is 0 Å². The van der Waals surface area contributed by atoms with Gasteiger partial charge in [0, 0.05) is 56.0 Å². The van der Waals surface area contributed by atoms with Crippen molar-refractivity contribution in [2.45, 2.75) is 106 Å². The molecule has 37 heteroatoms. The third-order valence-corrected chi connectivity index (χ3v) is 16.8. The fourth-order valence-electron chi connectivity index (χ4n) is 8.29. The van der Waals surface area contributed by atoms with E-state index in [0.717, 1.165) is 18.3 Å². The molecule has 8 rings (SSSR count). The Bertz CT molecular complexity index is 3170. The smallest absolute Gasteiger partial charge is 0.386 e. The Morgan fingerprint density at radius 1 is 0.608 bits per heavy atom. The number of nitrogens with two attached hydrogens (primary N) is 3. The number of aryl methyl sites for hydroxylation is 1. The number of nitrogen functional groups attached to an aromatic ring is 3. The van der Waals surface area contributed by atoms with Crippen LogP contribution in [-0.4, -0.2) is 124 Å². The van der Waals surface area contributed by atoms with Gasteiger partial charge < -0.3 is 46.4 Å². The van der Waals surface area contributed by atoms with Gasteiger partial charge >= 0.3 is 43.2 Å². The first-order valence-corrected chi connectivity index (χ1v) is 30.2. The predicted octanol–water partition coefficient (Wildman–Crippen LogP) is 0.185. The van der Waals surface area contributed by atoms with Crippen molar-refractivity contribution in [2.24, 2.45) is 0 Å². The van der Waals surface area contributed by atoms with Gasteiger partial charge in [-0.1, -0.05) is 36.7 Å². The van der Waals surface area contributed by atoms with Crippen LogP contribution in [0.15, 0.2) is 67.0 Å². The van der Waals surface area contributed by atoms with Crippen molar-refractivity contribution in [2.75, 3.05) is 43.6 Å². The molecule has 31 nitrogen and oxygen atoms in total. The maximum absolute atomic E-state index is 14.1. The molecular formula is C37H50N11O20P3S3. The normalized spacial score (nSPS) is 30.5. The lowest BCUT2D eigenvalue weighted by atomic mass is 10.2. The number of ether oxygens (including phenoxy) is 4. The topological polar surface area (TPSA) is 422 Å². The van der Waals surface area contributed by atoms with Gasteiger partial charge in [0.2, 0.25) is 0 Å². The molecule has 0 radical (unpaired) electrons. The molecule has 406 valence electrons. The largest absolute Gasteiger partial charge is 0.394 e. The molecular weight excluding hydrogens is 1110 g/mol. The molecule has 8 heterocycles. The number of anilines is 3. The Morgan fingerprint density at radius 3 is 1.36 bits per heavy atom. The van der Waals surface area contributed by atoms with Gasteiger partial charge in [0.15, 0.2) is 0 Å². The van der Waals surface area contributed by atoms with E-state index in [2.05, 4.69) is 56.7 Å². The van der Waals surface area contributed by atoms with Gasteiger partial charge in [0.1, 0.15) is 85.1 Å². The molecule has 4 aromatic heterocycles. The monoisotopic (exact) mass is 1160 g/mol. The average Bonchev–Trinajstić information content (AvgIpc) is 4.10. The number of hydrogen-bond donors (Lipinski definition) is 9. The van der Waals surface area contributed by atoms with E-state index in [1.807, 2.05) is 0 Å². The average molecular weight is 1160 g/mol. The number of hydrogen-bond acceptors (Lipinski definition) is 26. The van der Waals surface area contributed by atoms with Gasteiger partial charge in [-0.25, -0.2) is 32.9 Å². The minimum absolute atomic E-state index is 0.0279. The fourth-order valence-corrected chi connectivity index (χ4v) is 12.9. The minimum atomic E-state index is -4.60. The molecule has 4 aliphatic heterocycles. The quantitative estimate of drug-likeness (QED) is 0.0421. The number of H-pyrrole nitrogens is 1. The van der Waals surface area contributed by atoms with Crippen LogP contribution in [0.1, 0.15) is 56.2 Å². The van der Waals surface area contributed by atoms with E-state index in [1.165, 1.54) is 49.9 Å². The Morgan fingerprint density at radius 2 is 0.959 bits per heavy atom. The zero-order valence-electron chi connectivity index (χ0n) is 38.4. The van der Waals surface area contributed by atoms with E-state index in [4.69, 9.17) is 63.3 Å². The number of rotatable bonds is 20. The van der Waals surface area contributed by atoms with Crippen LogP contribution in [-0.2, 0) is 59.8 Å². The van der Waals surface area contributed by atoms with Crippen LogP contribution in [0, 0.1) is 6.92 Å². The zero-order chi connectivity index (χ0) is 53.4. The number of nitrogens with one attached hydrogen (secondary N) is 1. The van der Waals surface area contributed by atoms with Crippen LogP contribution < -0.4 is 45.5 Å². The fraction of sp³-hybridized carbons (Fsp3) is 0.568. The van der Waals surface area contributed by atoms with Crippen molar-refractivity contribution in [3.05, 3.63) is 101 Å². The molecule has 4 aromatic rings. The highest BCUT2D eigenvalue weighted by Crippen LogP contribution is 2.60. The third kappa shape index (κ3) is 13.6. The molecule has 4 aliphatic rings. The van der Waals surface area contributed by atoms with Gasteiger partial charge in [-0.15, -0.1) is 0 Å². The molecule has 9 N–H and O–H groups in total. The molecule has 0 aliphatic carbocycles. The van der Waals surface area contributed by atoms with Gasteiger partial charge in [-0.2, -0.15) is 15.0 Å². The molecule has 0 amide bonds. The number of aliphatic hydroxyl groups excluding tert-OH is 2. The van der Waals surface area contributed by atoms with Crippen LogP contribution in [0.5, 0.6) is 0 Å². The Kier molecular flexibility index (Phi) is 17.4. The second-order valence-corrected chi connectivity index (χ2v) is 25.7. The van der Waals surface area contributed by atoms with Gasteiger partial charge in [0.05, 0.1) is 32.5 Å². The maximum Gasteiger partial charge on any atom is 0.386 e. The second-order valence-electron chi connectivity index (χ2n) is 17.0. The highest BCUT2D eigenvalue weighted by atomic mass is 32.7. The first-order chi connectivity index (χ1) is 34.9. The van der Waals surface area contributed by atoms with E-state index in [-0.39, 0.29) is 48.7 Å². The van der Waals surface area contributed by atoms with Crippen molar-refractivity contribution >= 4 is 74.6 Å². The molecule has 15 atom stereocenters. The first-order valence-electron chi connectivity index (χ1n) is 22.1. The summed E-state index contributed by atoms with van der Waals surface area (Å²) in [5, 5.41) is 20.8. The van der Waals surface area contributed by atoms with E-state index >= 15 is 0 Å². The van der Waals surface area contributed by atoms with E-state index in [0.29, 0.717) is 0 Å². The van der Waals surface area contributed by atoms with Gasteiger partial charge in [-0.05, 0) is 25.1 Å². The van der Waals surface area contributed by atoms with Crippen molar-refractivity contribution in [1.82, 2.24) is 38.2 Å². The van der Waals surface area contributed by atoms with Crippen molar-refractivity contribution in [3.63, 3.8) is 0 Å². The first kappa shape index (κ1) is 56.2. The summed E-state index contributed by atoms with van der Waals surface area (Å²) in [6.45, 7) is -14.6. The summed E-state index contributed by atoms with van der Waals surface area (Å²) in [6.07, 6.45) is -9.88. The Labute approximate surface area is 431 Å². The van der Waals surface area contributed by atoms with Gasteiger partial charge in [-0.3, -0.25) is 55.2 Å². The van der Waals surface area contributed by atoms with E-state index in [9.17, 15) is 47.9 Å². The summed E-state index contributed by atoms with van der Waals surface area (Å²) in [6, 6.07) is 4.02. The summed E-state index contributed by atoms with van der Waals surface area (Å²) < 4.78 is 104. The standard InChI is InChI=1S/C37H50N11O20P3S3/c1-17-12-48(37(55)44-33(17)51)32-11-21(68-69(56,72)59-14-23-18(50)8-29(63-23)45-5-2-26(38)41-34(45)52)25(65-32)16-61-71(58,74)67-20-10-31(47-7-4-28(40)43-36(47)54)64-24(20)15-60-70(57,73)66-19-9-30(62-22(19)13-49)46-6-3-27(39)42-35(46)53/h2-7,12,18-25,29-32,49-50H,8-11,13-16H2,1H3,(H,56,72)(H,57,73)(H,58,74)(H2,38,41,52)(H2,39,42,53)(H2,40,43,54)(H,44,51,55)/t18-,19-,20-,21-,22-,23-,24-,25-,29-,30-,31-,32-,69?,70?,71?/m1/s1. The summed E-state index contributed by atoms with van der Waals surface area (Å²) >= 11 is 12.4. The molecule has 74 heavy (non-hydrogen) atoms. The molecule has 0 aromatic carbocycles. The number of aromatic nitrogens is 8. The summed E-state index contributed by atoms with van der Waals surface area (Å²) in [5.41, 5.74) is 13.1. The number of nitrogens with zero attached hydrogens (tertiary/aromatic N) is 7. The molecule has 0 bridgehead atoms. The van der Waals surface area contributed by atoms with Crippen molar-refractivity contribution in [1.29, 1.82) is 0 Å². The molecule has 4 saturated heterocycles.